The normalized spacial score (nSPS) is 14.6. The summed E-state index contributed by atoms with van der Waals surface area (Å²) in [6.07, 6.45) is 7.32. The molecule has 17 heavy (non-hydrogen) atoms. The molecule has 0 amide bonds. The molecular formula is C16H27N. The van der Waals surface area contributed by atoms with Crippen molar-refractivity contribution in [2.75, 3.05) is 0 Å². The zero-order valence-electron chi connectivity index (χ0n) is 11.6. The van der Waals surface area contributed by atoms with E-state index in [4.69, 9.17) is 5.73 Å². The van der Waals surface area contributed by atoms with Gasteiger partial charge in [0.15, 0.2) is 0 Å². The van der Waals surface area contributed by atoms with Gasteiger partial charge in [0.05, 0.1) is 0 Å². The quantitative estimate of drug-likeness (QED) is 0.694. The monoisotopic (exact) mass is 233 g/mol. The molecule has 1 nitrogen and oxygen atoms in total. The van der Waals surface area contributed by atoms with Crippen LogP contribution in [0.25, 0.3) is 0 Å². The second kappa shape index (κ2) is 6.80. The molecule has 1 atom stereocenters. The maximum atomic E-state index is 6.41. The third-order valence-corrected chi connectivity index (χ3v) is 3.57. The van der Waals surface area contributed by atoms with Gasteiger partial charge < -0.3 is 5.73 Å². The van der Waals surface area contributed by atoms with Crippen LogP contribution in [0, 0.1) is 0 Å². The van der Waals surface area contributed by atoms with E-state index >= 15 is 0 Å². The molecule has 0 radical (unpaired) electrons. The summed E-state index contributed by atoms with van der Waals surface area (Å²) in [6, 6.07) is 8.79. The van der Waals surface area contributed by atoms with Crippen LogP contribution in [0.2, 0.25) is 0 Å². The van der Waals surface area contributed by atoms with Gasteiger partial charge >= 0.3 is 0 Å². The lowest BCUT2D eigenvalue weighted by Crippen LogP contribution is -2.32. The SMILES string of the molecule is CCCCCCC(C)(N)c1ccc(CC)cc1. The summed E-state index contributed by atoms with van der Waals surface area (Å²) in [5, 5.41) is 0. The Morgan fingerprint density at radius 3 is 2.18 bits per heavy atom. The highest BCUT2D eigenvalue weighted by Crippen LogP contribution is 2.24. The third-order valence-electron chi connectivity index (χ3n) is 3.57. The lowest BCUT2D eigenvalue weighted by atomic mass is 9.87. The van der Waals surface area contributed by atoms with Crippen LogP contribution < -0.4 is 5.73 Å². The first-order valence-electron chi connectivity index (χ1n) is 6.98. The molecule has 0 bridgehead atoms. The molecule has 1 aromatic rings. The van der Waals surface area contributed by atoms with Crippen LogP contribution >= 0.6 is 0 Å². The maximum absolute atomic E-state index is 6.41. The molecular weight excluding hydrogens is 206 g/mol. The van der Waals surface area contributed by atoms with E-state index in [-0.39, 0.29) is 5.54 Å². The Morgan fingerprint density at radius 2 is 1.65 bits per heavy atom. The second-order valence-corrected chi connectivity index (χ2v) is 5.28. The van der Waals surface area contributed by atoms with E-state index < -0.39 is 0 Å². The minimum Gasteiger partial charge on any atom is -0.322 e. The summed E-state index contributed by atoms with van der Waals surface area (Å²) in [7, 11) is 0. The third kappa shape index (κ3) is 4.51. The van der Waals surface area contributed by atoms with Crippen LogP contribution in [0.3, 0.4) is 0 Å². The van der Waals surface area contributed by atoms with Crippen molar-refractivity contribution in [3.05, 3.63) is 35.4 Å². The Kier molecular flexibility index (Phi) is 5.70. The zero-order valence-corrected chi connectivity index (χ0v) is 11.6. The largest absolute Gasteiger partial charge is 0.322 e. The fourth-order valence-electron chi connectivity index (χ4n) is 2.18. The zero-order chi connectivity index (χ0) is 12.7. The summed E-state index contributed by atoms with van der Waals surface area (Å²) in [4.78, 5) is 0. The smallest absolute Gasteiger partial charge is 0.0381 e. The number of hydrogen-bond acceptors (Lipinski definition) is 1. The van der Waals surface area contributed by atoms with E-state index in [1.54, 1.807) is 0 Å². The molecule has 2 N–H and O–H groups in total. The van der Waals surface area contributed by atoms with Gasteiger partial charge in [-0.2, -0.15) is 0 Å². The van der Waals surface area contributed by atoms with Crippen LogP contribution in [0.15, 0.2) is 24.3 Å². The van der Waals surface area contributed by atoms with Gasteiger partial charge in [0, 0.05) is 5.54 Å². The predicted molar refractivity (Wildman–Crippen MR) is 76.1 cm³/mol. The highest BCUT2D eigenvalue weighted by atomic mass is 14.7. The standard InChI is InChI=1S/C16H27N/c1-4-6-7-8-13-16(3,17)15-11-9-14(5-2)10-12-15/h9-12H,4-8,13,17H2,1-3H3. The van der Waals surface area contributed by atoms with Gasteiger partial charge in [0.2, 0.25) is 0 Å². The summed E-state index contributed by atoms with van der Waals surface area (Å²) >= 11 is 0. The Labute approximate surface area is 106 Å². The van der Waals surface area contributed by atoms with Gasteiger partial charge in [0.25, 0.3) is 0 Å². The first-order valence-corrected chi connectivity index (χ1v) is 6.98. The molecule has 0 aliphatic rings. The van der Waals surface area contributed by atoms with Crippen molar-refractivity contribution in [3.8, 4) is 0 Å². The first-order chi connectivity index (χ1) is 8.10. The maximum Gasteiger partial charge on any atom is 0.0381 e. The van der Waals surface area contributed by atoms with Crippen molar-refractivity contribution < 1.29 is 0 Å². The molecule has 0 aliphatic heterocycles. The van der Waals surface area contributed by atoms with Gasteiger partial charge in [-0.15, -0.1) is 0 Å². The van der Waals surface area contributed by atoms with Crippen molar-refractivity contribution in [1.29, 1.82) is 0 Å². The van der Waals surface area contributed by atoms with E-state index in [1.807, 2.05) is 0 Å². The van der Waals surface area contributed by atoms with E-state index in [9.17, 15) is 0 Å². The van der Waals surface area contributed by atoms with Crippen molar-refractivity contribution in [2.24, 2.45) is 5.73 Å². The molecule has 0 aromatic heterocycles. The van der Waals surface area contributed by atoms with E-state index in [2.05, 4.69) is 45.0 Å². The summed E-state index contributed by atoms with van der Waals surface area (Å²) < 4.78 is 0. The van der Waals surface area contributed by atoms with Crippen molar-refractivity contribution in [2.45, 2.75) is 64.8 Å². The molecule has 1 unspecified atom stereocenters. The summed E-state index contributed by atoms with van der Waals surface area (Å²) in [6.45, 7) is 6.58. The van der Waals surface area contributed by atoms with Crippen molar-refractivity contribution in [3.63, 3.8) is 0 Å². The molecule has 0 aliphatic carbocycles. The molecule has 1 aromatic carbocycles. The van der Waals surface area contributed by atoms with E-state index in [0.29, 0.717) is 0 Å². The van der Waals surface area contributed by atoms with Crippen molar-refractivity contribution >= 4 is 0 Å². The van der Waals surface area contributed by atoms with Crippen molar-refractivity contribution in [1.82, 2.24) is 0 Å². The topological polar surface area (TPSA) is 26.0 Å². The van der Waals surface area contributed by atoms with E-state index in [0.717, 1.165) is 12.8 Å². The number of nitrogens with two attached hydrogens (primary N) is 1. The number of benzene rings is 1. The minimum absolute atomic E-state index is 0.167. The lowest BCUT2D eigenvalue weighted by Gasteiger charge is -2.25. The molecule has 96 valence electrons. The number of aryl methyl sites for hydroxylation is 1. The minimum atomic E-state index is -0.167. The fourth-order valence-corrected chi connectivity index (χ4v) is 2.18. The van der Waals surface area contributed by atoms with Gasteiger partial charge in [-0.1, -0.05) is 63.8 Å². The van der Waals surface area contributed by atoms with Crippen LogP contribution in [0.4, 0.5) is 0 Å². The Morgan fingerprint density at radius 1 is 1.00 bits per heavy atom. The predicted octanol–water partition coefficient (Wildman–Crippen LogP) is 4.39. The molecule has 0 saturated carbocycles. The molecule has 0 fully saturated rings. The van der Waals surface area contributed by atoms with Crippen LogP contribution in [-0.4, -0.2) is 0 Å². The van der Waals surface area contributed by atoms with Crippen LogP contribution in [-0.2, 0) is 12.0 Å². The van der Waals surface area contributed by atoms with E-state index in [1.165, 1.54) is 36.8 Å². The fraction of sp³-hybridized carbons (Fsp3) is 0.625. The Balaban J connectivity index is 2.55. The van der Waals surface area contributed by atoms with Gasteiger partial charge in [-0.25, -0.2) is 0 Å². The van der Waals surface area contributed by atoms with Gasteiger partial charge in [-0.3, -0.25) is 0 Å². The van der Waals surface area contributed by atoms with Gasteiger partial charge in [-0.05, 0) is 30.9 Å². The van der Waals surface area contributed by atoms with Crippen LogP contribution in [0.1, 0.15) is 64.0 Å². The number of rotatable bonds is 7. The van der Waals surface area contributed by atoms with Gasteiger partial charge in [0.1, 0.15) is 0 Å². The average Bonchev–Trinajstić information content (AvgIpc) is 2.35. The molecule has 0 saturated heterocycles. The molecule has 1 heteroatoms. The second-order valence-electron chi connectivity index (χ2n) is 5.28. The lowest BCUT2D eigenvalue weighted by molar-refractivity contribution is 0.424. The Hall–Kier alpha value is -0.820. The highest BCUT2D eigenvalue weighted by Gasteiger charge is 2.19. The number of unbranched alkanes of at least 4 members (excludes halogenated alkanes) is 3. The Bertz CT molecular complexity index is 311. The molecule has 1 rings (SSSR count). The average molecular weight is 233 g/mol. The highest BCUT2D eigenvalue weighted by molar-refractivity contribution is 5.27. The molecule has 0 spiro atoms. The first kappa shape index (κ1) is 14.2. The molecule has 0 heterocycles. The summed E-state index contributed by atoms with van der Waals surface area (Å²) in [5.41, 5.74) is 8.90. The van der Waals surface area contributed by atoms with Crippen LogP contribution in [0.5, 0.6) is 0 Å². The summed E-state index contributed by atoms with van der Waals surface area (Å²) in [5.74, 6) is 0. The number of hydrogen-bond donors (Lipinski definition) is 1.